The van der Waals surface area contributed by atoms with Crippen molar-refractivity contribution in [3.8, 4) is 12.1 Å². The maximum absolute atomic E-state index is 13.3. The molecule has 4 aromatic rings. The van der Waals surface area contributed by atoms with Crippen LogP contribution in [0.15, 0.2) is 49.3 Å². The third kappa shape index (κ3) is 6.86. The number of hydrogen-bond donors (Lipinski definition) is 0. The molecule has 2 atom stereocenters. The lowest BCUT2D eigenvalue weighted by Gasteiger charge is -2.17. The molecule has 0 saturated carbocycles. The van der Waals surface area contributed by atoms with Crippen LogP contribution in [0.5, 0.6) is 0 Å². The van der Waals surface area contributed by atoms with Gasteiger partial charge in [0.2, 0.25) is 11.8 Å². The Labute approximate surface area is 257 Å². The van der Waals surface area contributed by atoms with Crippen molar-refractivity contribution in [2.24, 2.45) is 0 Å². The number of nitriles is 2. The lowest BCUT2D eigenvalue weighted by molar-refractivity contribution is -0.129. The minimum atomic E-state index is -1.52. The summed E-state index contributed by atoms with van der Waals surface area (Å²) in [6.07, 6.45) is 6.02. The van der Waals surface area contributed by atoms with Gasteiger partial charge in [-0.15, -0.1) is 0 Å². The molecule has 0 N–H and O–H groups in total. The van der Waals surface area contributed by atoms with Gasteiger partial charge in [0.15, 0.2) is 46.3 Å². The standard InChI is InChI=1S/2C15H11F3N4O/c2*16-12-1-9(2-13(17)15(12)18)10-3-14(23)22(5-10)8-21-6-11(4-19)20-7-21/h2*1-2,6-7,10H,3,5,8H2. The van der Waals surface area contributed by atoms with Crippen LogP contribution in [-0.4, -0.2) is 53.8 Å². The number of imidazole rings is 2. The van der Waals surface area contributed by atoms with Crippen LogP contribution in [0, 0.1) is 57.6 Å². The summed E-state index contributed by atoms with van der Waals surface area (Å²) in [5.74, 6) is -9.29. The van der Waals surface area contributed by atoms with Crippen molar-refractivity contribution in [3.05, 3.63) is 107 Å². The molecular formula is C30H22F6N8O2. The van der Waals surface area contributed by atoms with Crippen LogP contribution in [0.1, 0.15) is 47.2 Å². The monoisotopic (exact) mass is 640 g/mol. The second-order valence-corrected chi connectivity index (χ2v) is 10.7. The van der Waals surface area contributed by atoms with Gasteiger partial charge >= 0.3 is 0 Å². The second kappa shape index (κ2) is 13.2. The maximum atomic E-state index is 13.3. The molecule has 2 unspecified atom stereocenters. The van der Waals surface area contributed by atoms with E-state index in [0.717, 1.165) is 24.3 Å². The number of carbonyl (C=O) groups is 2. The number of rotatable bonds is 6. The number of hydrogen-bond acceptors (Lipinski definition) is 6. The fourth-order valence-electron chi connectivity index (χ4n) is 5.27. The number of likely N-dealkylation sites (tertiary alicyclic amines) is 2. The molecule has 2 aromatic carbocycles. The number of nitrogens with zero attached hydrogens (tertiary/aromatic N) is 8. The summed E-state index contributed by atoms with van der Waals surface area (Å²) >= 11 is 0. The predicted molar refractivity (Wildman–Crippen MR) is 145 cm³/mol. The Morgan fingerprint density at radius 1 is 0.652 bits per heavy atom. The SMILES string of the molecule is N#Cc1cn(CN2CC(c3cc(F)c(F)c(F)c3)CC2=O)cn1.N#Cc1cn(CN2CC(c3cc(F)c(F)c(F)c3)CC2=O)cn1. The molecule has 2 fully saturated rings. The van der Waals surface area contributed by atoms with Gasteiger partial charge in [-0.05, 0) is 35.4 Å². The molecule has 0 aliphatic carbocycles. The van der Waals surface area contributed by atoms with Crippen molar-refractivity contribution < 1.29 is 35.9 Å². The average Bonchev–Trinajstić information content (AvgIpc) is 3.83. The zero-order valence-corrected chi connectivity index (χ0v) is 23.7. The van der Waals surface area contributed by atoms with Crippen LogP contribution in [0.4, 0.5) is 26.3 Å². The van der Waals surface area contributed by atoms with Crippen molar-refractivity contribution in [2.45, 2.75) is 38.0 Å². The predicted octanol–water partition coefficient (Wildman–Crippen LogP) is 4.29. The molecule has 0 radical (unpaired) electrons. The van der Waals surface area contributed by atoms with Crippen molar-refractivity contribution in [1.82, 2.24) is 28.9 Å². The highest BCUT2D eigenvalue weighted by molar-refractivity contribution is 5.80. The first-order chi connectivity index (χ1) is 21.9. The van der Waals surface area contributed by atoms with Crippen LogP contribution in [0.25, 0.3) is 0 Å². The Balaban J connectivity index is 0.000000181. The molecule has 6 rings (SSSR count). The lowest BCUT2D eigenvalue weighted by Crippen LogP contribution is -2.27. The first-order valence-electron chi connectivity index (χ1n) is 13.6. The molecule has 2 aliphatic rings. The highest BCUT2D eigenvalue weighted by Crippen LogP contribution is 2.31. The Bertz CT molecular complexity index is 1710. The third-order valence-corrected chi connectivity index (χ3v) is 7.55. The van der Waals surface area contributed by atoms with Gasteiger partial charge in [0.05, 0.1) is 26.0 Å². The van der Waals surface area contributed by atoms with Gasteiger partial charge in [0.1, 0.15) is 12.1 Å². The average molecular weight is 641 g/mol. The Morgan fingerprint density at radius 2 is 1.00 bits per heavy atom. The molecule has 0 bridgehead atoms. The summed E-state index contributed by atoms with van der Waals surface area (Å²) < 4.78 is 82.4. The van der Waals surface area contributed by atoms with E-state index in [1.54, 1.807) is 9.13 Å². The van der Waals surface area contributed by atoms with Gasteiger partial charge in [-0.25, -0.2) is 36.3 Å². The van der Waals surface area contributed by atoms with Crippen molar-refractivity contribution in [1.29, 1.82) is 10.5 Å². The van der Waals surface area contributed by atoms with Gasteiger partial charge < -0.3 is 18.9 Å². The normalized spacial score (nSPS) is 17.6. The maximum Gasteiger partial charge on any atom is 0.224 e. The van der Waals surface area contributed by atoms with Crippen LogP contribution >= 0.6 is 0 Å². The molecule has 4 heterocycles. The minimum absolute atomic E-state index is 0.0876. The molecule has 46 heavy (non-hydrogen) atoms. The van der Waals surface area contributed by atoms with E-state index in [1.165, 1.54) is 34.8 Å². The molecule has 236 valence electrons. The number of benzene rings is 2. The van der Waals surface area contributed by atoms with Crippen LogP contribution in [0.2, 0.25) is 0 Å². The summed E-state index contributed by atoms with van der Waals surface area (Å²) in [4.78, 5) is 34.7. The molecule has 0 spiro atoms. The van der Waals surface area contributed by atoms with Crippen LogP contribution in [-0.2, 0) is 22.9 Å². The van der Waals surface area contributed by atoms with E-state index in [1.807, 2.05) is 12.1 Å². The zero-order chi connectivity index (χ0) is 33.1. The summed E-state index contributed by atoms with van der Waals surface area (Å²) in [5.41, 5.74) is 0.966. The molecule has 10 nitrogen and oxygen atoms in total. The highest BCUT2D eigenvalue weighted by atomic mass is 19.2. The third-order valence-electron chi connectivity index (χ3n) is 7.55. The number of aromatic nitrogens is 4. The van der Waals surface area contributed by atoms with E-state index in [4.69, 9.17) is 10.5 Å². The second-order valence-electron chi connectivity index (χ2n) is 10.7. The first-order valence-corrected chi connectivity index (χ1v) is 13.6. The molecule has 16 heteroatoms. The largest absolute Gasteiger partial charge is 0.324 e. The van der Waals surface area contributed by atoms with E-state index < -0.39 is 46.7 Å². The van der Waals surface area contributed by atoms with Crippen LogP contribution in [0.3, 0.4) is 0 Å². The summed E-state index contributed by atoms with van der Waals surface area (Å²) in [6, 6.07) is 7.45. The minimum Gasteiger partial charge on any atom is -0.324 e. The number of carbonyl (C=O) groups excluding carboxylic acids is 2. The topological polar surface area (TPSA) is 124 Å². The molecule has 2 aromatic heterocycles. The van der Waals surface area contributed by atoms with E-state index in [-0.39, 0.29) is 73.6 Å². The first kappa shape index (κ1) is 31.8. The zero-order valence-electron chi connectivity index (χ0n) is 23.7. The van der Waals surface area contributed by atoms with Crippen LogP contribution < -0.4 is 0 Å². The fraction of sp³-hybridized carbons (Fsp3) is 0.267. The van der Waals surface area contributed by atoms with E-state index in [0.29, 0.717) is 0 Å². The van der Waals surface area contributed by atoms with Gasteiger partial charge in [-0.3, -0.25) is 9.59 Å². The molecule has 2 saturated heterocycles. The summed E-state index contributed by atoms with van der Waals surface area (Å²) in [7, 11) is 0. The van der Waals surface area contributed by atoms with E-state index in [2.05, 4.69) is 9.97 Å². The number of halogens is 6. The summed E-state index contributed by atoms with van der Waals surface area (Å²) in [5, 5.41) is 17.4. The summed E-state index contributed by atoms with van der Waals surface area (Å²) in [6.45, 7) is 0.888. The Hall–Kier alpha value is -5.64. The van der Waals surface area contributed by atoms with Gasteiger partial charge in [0, 0.05) is 50.2 Å². The Morgan fingerprint density at radius 3 is 1.30 bits per heavy atom. The fourth-order valence-corrected chi connectivity index (χ4v) is 5.27. The molecular weight excluding hydrogens is 618 g/mol. The number of amides is 2. The highest BCUT2D eigenvalue weighted by Gasteiger charge is 2.33. The van der Waals surface area contributed by atoms with Crippen molar-refractivity contribution in [2.75, 3.05) is 13.1 Å². The lowest BCUT2D eigenvalue weighted by atomic mass is 9.98. The quantitative estimate of drug-likeness (QED) is 0.229. The van der Waals surface area contributed by atoms with Crippen molar-refractivity contribution >= 4 is 11.8 Å². The van der Waals surface area contributed by atoms with Gasteiger partial charge in [-0.2, -0.15) is 10.5 Å². The van der Waals surface area contributed by atoms with Gasteiger partial charge in [-0.1, -0.05) is 0 Å². The van der Waals surface area contributed by atoms with Gasteiger partial charge in [0.25, 0.3) is 0 Å². The van der Waals surface area contributed by atoms with Crippen molar-refractivity contribution in [3.63, 3.8) is 0 Å². The van der Waals surface area contributed by atoms with E-state index in [9.17, 15) is 35.9 Å². The Kier molecular flexibility index (Phi) is 9.08. The molecule has 2 amide bonds. The van der Waals surface area contributed by atoms with E-state index >= 15 is 0 Å². The smallest absolute Gasteiger partial charge is 0.224 e. The molecule has 2 aliphatic heterocycles.